The van der Waals surface area contributed by atoms with Crippen molar-refractivity contribution in [3.05, 3.63) is 34.9 Å². The lowest BCUT2D eigenvalue weighted by atomic mass is 9.96. The number of benzene rings is 1. The molecule has 1 rings (SSSR count). The predicted octanol–water partition coefficient (Wildman–Crippen LogP) is 3.24. The van der Waals surface area contributed by atoms with Crippen molar-refractivity contribution in [2.45, 2.75) is 66.0 Å². The number of unbranched alkanes of at least 4 members (excludes halogenated alkanes) is 1. The van der Waals surface area contributed by atoms with Crippen LogP contribution in [0.3, 0.4) is 0 Å². The molecule has 0 aliphatic carbocycles. The molecule has 1 aromatic rings. The second-order valence-corrected chi connectivity index (χ2v) is 8.20. The van der Waals surface area contributed by atoms with Crippen LogP contribution in [0.25, 0.3) is 0 Å². The van der Waals surface area contributed by atoms with Gasteiger partial charge in [0, 0.05) is 13.6 Å². The molecular formula is C22H35N3O4. The molecular weight excluding hydrogens is 370 g/mol. The fourth-order valence-electron chi connectivity index (χ4n) is 2.81. The zero-order valence-corrected chi connectivity index (χ0v) is 18.7. The first-order chi connectivity index (χ1) is 13.5. The van der Waals surface area contributed by atoms with Gasteiger partial charge in [-0.25, -0.2) is 4.79 Å². The van der Waals surface area contributed by atoms with Crippen LogP contribution in [0.2, 0.25) is 0 Å². The fourth-order valence-corrected chi connectivity index (χ4v) is 2.81. The summed E-state index contributed by atoms with van der Waals surface area (Å²) in [5, 5.41) is 5.38. The number of nitrogens with one attached hydrogen (secondary N) is 2. The average molecular weight is 406 g/mol. The summed E-state index contributed by atoms with van der Waals surface area (Å²) in [5.41, 5.74) is 2.12. The Labute approximate surface area is 174 Å². The molecule has 0 radical (unpaired) electrons. The third-order valence-corrected chi connectivity index (χ3v) is 4.58. The summed E-state index contributed by atoms with van der Waals surface area (Å²) in [4.78, 5) is 38.9. The monoisotopic (exact) mass is 405 g/mol. The van der Waals surface area contributed by atoms with E-state index in [-0.39, 0.29) is 18.4 Å². The Bertz CT molecular complexity index is 725. The van der Waals surface area contributed by atoms with Crippen molar-refractivity contribution in [3.8, 4) is 0 Å². The van der Waals surface area contributed by atoms with Gasteiger partial charge in [-0.3, -0.25) is 9.59 Å². The van der Waals surface area contributed by atoms with Crippen molar-refractivity contribution in [2.75, 3.05) is 20.1 Å². The van der Waals surface area contributed by atoms with E-state index in [9.17, 15) is 14.4 Å². The van der Waals surface area contributed by atoms with E-state index in [1.807, 2.05) is 39.0 Å². The first-order valence-corrected chi connectivity index (χ1v) is 10.0. The van der Waals surface area contributed by atoms with Crippen LogP contribution in [0.5, 0.6) is 0 Å². The zero-order valence-electron chi connectivity index (χ0n) is 18.7. The zero-order chi connectivity index (χ0) is 22.2. The van der Waals surface area contributed by atoms with Crippen molar-refractivity contribution in [1.29, 1.82) is 0 Å². The van der Waals surface area contributed by atoms with Crippen LogP contribution in [-0.2, 0) is 14.3 Å². The van der Waals surface area contributed by atoms with Crippen LogP contribution in [0.15, 0.2) is 18.2 Å². The number of hydrogen-bond acceptors (Lipinski definition) is 4. The molecule has 0 aliphatic heterocycles. The molecule has 0 saturated carbocycles. The third-order valence-electron chi connectivity index (χ3n) is 4.58. The minimum absolute atomic E-state index is 0.236. The summed E-state index contributed by atoms with van der Waals surface area (Å²) in [6, 6.07) is 4.93. The lowest BCUT2D eigenvalue weighted by Gasteiger charge is -2.29. The molecule has 0 spiro atoms. The highest BCUT2D eigenvalue weighted by molar-refractivity contribution is 5.90. The van der Waals surface area contributed by atoms with E-state index in [4.69, 9.17) is 4.74 Å². The summed E-state index contributed by atoms with van der Waals surface area (Å²) in [6.45, 7) is 11.5. The summed E-state index contributed by atoms with van der Waals surface area (Å²) >= 11 is 0. The molecule has 0 saturated heterocycles. The van der Waals surface area contributed by atoms with Crippen LogP contribution in [0.1, 0.15) is 63.3 Å². The van der Waals surface area contributed by atoms with Gasteiger partial charge in [0.2, 0.25) is 11.8 Å². The van der Waals surface area contributed by atoms with E-state index in [2.05, 4.69) is 10.6 Å². The topological polar surface area (TPSA) is 87.7 Å². The van der Waals surface area contributed by atoms with Gasteiger partial charge in [-0.15, -0.1) is 0 Å². The van der Waals surface area contributed by atoms with E-state index in [1.165, 1.54) is 4.90 Å². The highest BCUT2D eigenvalue weighted by atomic mass is 16.6. The molecule has 7 nitrogen and oxygen atoms in total. The number of alkyl carbamates (subject to hydrolysis) is 1. The second-order valence-electron chi connectivity index (χ2n) is 8.20. The maximum absolute atomic E-state index is 12.9. The van der Waals surface area contributed by atoms with Gasteiger partial charge in [-0.2, -0.15) is 0 Å². The molecule has 29 heavy (non-hydrogen) atoms. The normalized spacial score (nSPS) is 12.1. The summed E-state index contributed by atoms with van der Waals surface area (Å²) < 4.78 is 5.16. The first kappa shape index (κ1) is 24.5. The van der Waals surface area contributed by atoms with Gasteiger partial charge < -0.3 is 20.3 Å². The van der Waals surface area contributed by atoms with Crippen LogP contribution < -0.4 is 10.6 Å². The van der Waals surface area contributed by atoms with Gasteiger partial charge in [-0.1, -0.05) is 31.5 Å². The largest absolute Gasteiger partial charge is 0.444 e. The van der Waals surface area contributed by atoms with Crippen LogP contribution in [0, 0.1) is 13.8 Å². The fraction of sp³-hybridized carbons (Fsp3) is 0.591. The summed E-state index contributed by atoms with van der Waals surface area (Å²) in [5.74, 6) is -0.618. The highest BCUT2D eigenvalue weighted by Crippen LogP contribution is 2.25. The molecule has 0 aromatic heterocycles. The molecule has 162 valence electrons. The van der Waals surface area contributed by atoms with E-state index >= 15 is 0 Å². The Morgan fingerprint density at radius 2 is 1.79 bits per heavy atom. The Morgan fingerprint density at radius 1 is 1.14 bits per heavy atom. The van der Waals surface area contributed by atoms with Gasteiger partial charge in [0.1, 0.15) is 18.2 Å². The number of carbonyl (C=O) groups excluding carboxylic acids is 3. The Morgan fingerprint density at radius 3 is 2.38 bits per heavy atom. The van der Waals surface area contributed by atoms with Crippen molar-refractivity contribution in [1.82, 2.24) is 15.5 Å². The lowest BCUT2D eigenvalue weighted by Crippen LogP contribution is -2.46. The minimum Gasteiger partial charge on any atom is -0.444 e. The van der Waals surface area contributed by atoms with Crippen molar-refractivity contribution in [3.63, 3.8) is 0 Å². The maximum Gasteiger partial charge on any atom is 0.408 e. The van der Waals surface area contributed by atoms with E-state index in [0.717, 1.165) is 29.5 Å². The smallest absolute Gasteiger partial charge is 0.408 e. The first-order valence-electron chi connectivity index (χ1n) is 10.0. The van der Waals surface area contributed by atoms with Gasteiger partial charge in [0.05, 0.1) is 0 Å². The number of likely N-dealkylation sites (N-methyl/N-ethyl adjacent to an activating group) is 1. The Balaban J connectivity index is 2.99. The molecule has 7 heteroatoms. The van der Waals surface area contributed by atoms with Crippen molar-refractivity contribution >= 4 is 17.9 Å². The number of nitrogens with zero attached hydrogens (tertiary/aromatic N) is 1. The maximum atomic E-state index is 12.9. The van der Waals surface area contributed by atoms with E-state index in [0.29, 0.717) is 6.54 Å². The van der Waals surface area contributed by atoms with Gasteiger partial charge in [0.25, 0.3) is 0 Å². The second kappa shape index (κ2) is 10.8. The summed E-state index contributed by atoms with van der Waals surface area (Å²) in [7, 11) is 1.57. The van der Waals surface area contributed by atoms with Crippen LogP contribution in [-0.4, -0.2) is 48.5 Å². The molecule has 0 bridgehead atoms. The number of carbonyl (C=O) groups is 3. The minimum atomic E-state index is -0.778. The number of aryl methyl sites for hydroxylation is 1. The molecule has 0 heterocycles. The molecule has 1 unspecified atom stereocenters. The Hall–Kier alpha value is -2.57. The van der Waals surface area contributed by atoms with E-state index in [1.54, 1.807) is 27.8 Å². The molecule has 1 aromatic carbocycles. The van der Waals surface area contributed by atoms with Crippen molar-refractivity contribution in [2.24, 2.45) is 0 Å². The van der Waals surface area contributed by atoms with E-state index < -0.39 is 17.7 Å². The van der Waals surface area contributed by atoms with Gasteiger partial charge in [0.15, 0.2) is 0 Å². The van der Waals surface area contributed by atoms with Crippen LogP contribution in [0.4, 0.5) is 4.79 Å². The van der Waals surface area contributed by atoms with Crippen molar-refractivity contribution < 1.29 is 19.1 Å². The standard InChI is InChI=1S/C22H35N3O4/c1-8-9-13-23-20(27)19(17-12-10-11-15(2)16(17)3)25(7)18(26)14-24-21(28)29-22(4,5)6/h10-12,19H,8-9,13-14H2,1-7H3,(H,23,27)(H,24,28). The molecule has 0 fully saturated rings. The predicted molar refractivity (Wildman–Crippen MR) is 114 cm³/mol. The number of ether oxygens (including phenoxy) is 1. The molecule has 1 atom stereocenters. The average Bonchev–Trinajstić information content (AvgIpc) is 2.62. The van der Waals surface area contributed by atoms with Crippen LogP contribution >= 0.6 is 0 Å². The van der Waals surface area contributed by atoms with Gasteiger partial charge >= 0.3 is 6.09 Å². The number of rotatable bonds is 8. The third kappa shape index (κ3) is 7.75. The van der Waals surface area contributed by atoms with Gasteiger partial charge in [-0.05, 0) is 57.7 Å². The number of hydrogen-bond donors (Lipinski definition) is 2. The SMILES string of the molecule is CCCCNC(=O)C(c1cccc(C)c1C)N(C)C(=O)CNC(=O)OC(C)(C)C. The highest BCUT2D eigenvalue weighted by Gasteiger charge is 2.30. The molecule has 0 aliphatic rings. The lowest BCUT2D eigenvalue weighted by molar-refractivity contribution is -0.138. The number of amides is 3. The summed E-state index contributed by atoms with van der Waals surface area (Å²) in [6.07, 6.45) is 1.15. The molecule has 3 amide bonds. The quantitative estimate of drug-likeness (QED) is 0.650. The Kier molecular flexibility index (Phi) is 9.14. The molecule has 2 N–H and O–H groups in total.